The van der Waals surface area contributed by atoms with E-state index in [0.29, 0.717) is 5.56 Å². The molecule has 0 unspecified atom stereocenters. The molecule has 0 atom stereocenters. The molecule has 21 heavy (non-hydrogen) atoms. The Bertz CT molecular complexity index is 663. The molecule has 1 fully saturated rings. The summed E-state index contributed by atoms with van der Waals surface area (Å²) in [7, 11) is 1.96. The molecule has 1 aliphatic carbocycles. The largest absolute Gasteiger partial charge is 0.308 e. The van der Waals surface area contributed by atoms with Crippen LogP contribution in [0.2, 0.25) is 0 Å². The summed E-state index contributed by atoms with van der Waals surface area (Å²) in [6, 6.07) is 9.62. The third kappa shape index (κ3) is 2.30. The fourth-order valence-electron chi connectivity index (χ4n) is 3.14. The topological polar surface area (TPSA) is 79.4 Å². The Morgan fingerprint density at radius 2 is 2.00 bits per heavy atom. The molecule has 1 heterocycles. The fraction of sp³-hybridized carbons (Fsp3) is 0.467. The fourth-order valence-corrected chi connectivity index (χ4v) is 3.14. The zero-order valence-electron chi connectivity index (χ0n) is 12.1. The van der Waals surface area contributed by atoms with Gasteiger partial charge in [-0.15, -0.1) is 5.10 Å². The molecule has 1 N–H and O–H groups in total. The molecule has 108 valence electrons. The molecule has 0 aliphatic heterocycles. The average molecular weight is 282 g/mol. The third-order valence-corrected chi connectivity index (χ3v) is 4.34. The van der Waals surface area contributed by atoms with E-state index >= 15 is 0 Å². The highest BCUT2D eigenvalue weighted by Gasteiger charge is 2.37. The van der Waals surface area contributed by atoms with E-state index < -0.39 is 0 Å². The highest BCUT2D eigenvalue weighted by Crippen LogP contribution is 2.36. The maximum atomic E-state index is 9.29. The zero-order valence-corrected chi connectivity index (χ0v) is 12.1. The molecule has 2 aromatic rings. The van der Waals surface area contributed by atoms with Crippen LogP contribution in [0.3, 0.4) is 0 Å². The van der Waals surface area contributed by atoms with E-state index in [1.165, 1.54) is 6.42 Å². The van der Waals surface area contributed by atoms with Crippen LogP contribution in [0, 0.1) is 11.3 Å². The van der Waals surface area contributed by atoms with Gasteiger partial charge in [-0.25, -0.2) is 0 Å². The summed E-state index contributed by atoms with van der Waals surface area (Å²) in [5.74, 6) is 0.799. The van der Waals surface area contributed by atoms with Crippen LogP contribution in [0.1, 0.15) is 43.5 Å². The maximum absolute atomic E-state index is 9.29. The number of nitriles is 1. The number of aromatic nitrogens is 4. The number of hydrogen-bond acceptors (Lipinski definition) is 5. The van der Waals surface area contributed by atoms with Crippen molar-refractivity contribution in [3.63, 3.8) is 0 Å². The van der Waals surface area contributed by atoms with Gasteiger partial charge < -0.3 is 5.32 Å². The first-order valence-electron chi connectivity index (χ1n) is 7.28. The third-order valence-electron chi connectivity index (χ3n) is 4.34. The number of para-hydroxylation sites is 1. The molecular formula is C15H18N6. The van der Waals surface area contributed by atoms with Crippen LogP contribution in [0.5, 0.6) is 0 Å². The van der Waals surface area contributed by atoms with E-state index in [-0.39, 0.29) is 5.54 Å². The lowest BCUT2D eigenvalue weighted by molar-refractivity contribution is 0.232. The number of benzene rings is 1. The van der Waals surface area contributed by atoms with Crippen LogP contribution in [0.25, 0.3) is 5.69 Å². The summed E-state index contributed by atoms with van der Waals surface area (Å²) >= 11 is 0. The van der Waals surface area contributed by atoms with Crippen molar-refractivity contribution in [2.75, 3.05) is 7.05 Å². The minimum Gasteiger partial charge on any atom is -0.308 e. The van der Waals surface area contributed by atoms with Crippen molar-refractivity contribution in [1.29, 1.82) is 5.26 Å². The molecule has 0 spiro atoms. The second-order valence-corrected chi connectivity index (χ2v) is 5.44. The van der Waals surface area contributed by atoms with Crippen molar-refractivity contribution in [1.82, 2.24) is 25.5 Å². The van der Waals surface area contributed by atoms with Gasteiger partial charge in [0.25, 0.3) is 0 Å². The Hall–Kier alpha value is -2.26. The molecule has 1 aromatic carbocycles. The summed E-state index contributed by atoms with van der Waals surface area (Å²) in [6.45, 7) is 0. The molecule has 0 saturated heterocycles. The molecule has 1 saturated carbocycles. The van der Waals surface area contributed by atoms with Crippen molar-refractivity contribution in [3.05, 3.63) is 35.7 Å². The monoisotopic (exact) mass is 282 g/mol. The Morgan fingerprint density at radius 3 is 2.71 bits per heavy atom. The van der Waals surface area contributed by atoms with Crippen LogP contribution in [-0.2, 0) is 5.54 Å². The van der Waals surface area contributed by atoms with Gasteiger partial charge >= 0.3 is 0 Å². The van der Waals surface area contributed by atoms with Crippen LogP contribution >= 0.6 is 0 Å². The summed E-state index contributed by atoms with van der Waals surface area (Å²) in [5.41, 5.74) is 1.11. The lowest BCUT2D eigenvalue weighted by Gasteiger charge is -2.35. The minimum absolute atomic E-state index is 0.204. The van der Waals surface area contributed by atoms with E-state index in [4.69, 9.17) is 0 Å². The van der Waals surface area contributed by atoms with Gasteiger partial charge in [-0.2, -0.15) is 9.94 Å². The van der Waals surface area contributed by atoms with Crippen LogP contribution in [0.4, 0.5) is 0 Å². The van der Waals surface area contributed by atoms with Crippen molar-refractivity contribution >= 4 is 0 Å². The number of tetrazole rings is 1. The van der Waals surface area contributed by atoms with Crippen molar-refractivity contribution in [2.24, 2.45) is 0 Å². The van der Waals surface area contributed by atoms with Crippen LogP contribution in [-0.4, -0.2) is 27.3 Å². The van der Waals surface area contributed by atoms with Gasteiger partial charge in [-0.05, 0) is 42.4 Å². The molecule has 0 radical (unpaired) electrons. The van der Waals surface area contributed by atoms with Gasteiger partial charge in [-0.3, -0.25) is 0 Å². The summed E-state index contributed by atoms with van der Waals surface area (Å²) in [5, 5.41) is 25.0. The van der Waals surface area contributed by atoms with Gasteiger partial charge in [0.2, 0.25) is 0 Å². The van der Waals surface area contributed by atoms with E-state index in [0.717, 1.165) is 37.2 Å². The van der Waals surface area contributed by atoms with Crippen LogP contribution in [0.15, 0.2) is 24.3 Å². The van der Waals surface area contributed by atoms with Crippen LogP contribution < -0.4 is 5.32 Å². The summed E-state index contributed by atoms with van der Waals surface area (Å²) in [6.07, 6.45) is 5.60. The van der Waals surface area contributed by atoms with E-state index in [1.807, 2.05) is 25.2 Å². The standard InChI is InChI=1S/C15H18N6/c1-17-15(9-5-2-6-10-15)14-18-19-20-21(14)13-8-4-3-7-12(13)11-16/h3-4,7-8,17H,2,5-6,9-10H2,1H3. The quantitative estimate of drug-likeness (QED) is 0.930. The zero-order chi connectivity index (χ0) is 14.7. The number of nitrogens with zero attached hydrogens (tertiary/aromatic N) is 5. The smallest absolute Gasteiger partial charge is 0.176 e. The Kier molecular flexibility index (Phi) is 3.67. The Labute approximate surface area is 123 Å². The molecule has 1 aromatic heterocycles. The first-order chi connectivity index (χ1) is 10.3. The highest BCUT2D eigenvalue weighted by molar-refractivity contribution is 5.48. The SMILES string of the molecule is CNC1(c2nnnn2-c2ccccc2C#N)CCCCC1. The van der Waals surface area contributed by atoms with Gasteiger partial charge in [0.05, 0.1) is 16.8 Å². The molecule has 6 nitrogen and oxygen atoms in total. The molecule has 6 heteroatoms. The number of nitrogens with one attached hydrogen (secondary N) is 1. The first kappa shape index (κ1) is 13.7. The van der Waals surface area contributed by atoms with Crippen molar-refractivity contribution in [3.8, 4) is 11.8 Å². The van der Waals surface area contributed by atoms with Gasteiger partial charge in [0.15, 0.2) is 5.82 Å². The average Bonchev–Trinajstić information content (AvgIpc) is 3.05. The van der Waals surface area contributed by atoms with Gasteiger partial charge in [-0.1, -0.05) is 31.4 Å². The summed E-state index contributed by atoms with van der Waals surface area (Å²) in [4.78, 5) is 0. The predicted molar refractivity (Wildman–Crippen MR) is 77.7 cm³/mol. The van der Waals surface area contributed by atoms with E-state index in [1.54, 1.807) is 10.7 Å². The Morgan fingerprint density at radius 1 is 1.24 bits per heavy atom. The molecule has 0 amide bonds. The predicted octanol–water partition coefficient (Wildman–Crippen LogP) is 1.91. The summed E-state index contributed by atoms with van der Waals surface area (Å²) < 4.78 is 1.71. The highest BCUT2D eigenvalue weighted by atomic mass is 15.6. The number of rotatable bonds is 3. The second kappa shape index (κ2) is 5.62. The molecule has 0 bridgehead atoms. The van der Waals surface area contributed by atoms with Crippen molar-refractivity contribution < 1.29 is 0 Å². The second-order valence-electron chi connectivity index (χ2n) is 5.44. The van der Waals surface area contributed by atoms with E-state index in [9.17, 15) is 5.26 Å². The normalized spacial score (nSPS) is 17.3. The van der Waals surface area contributed by atoms with Gasteiger partial charge in [0, 0.05) is 0 Å². The molecular weight excluding hydrogens is 264 g/mol. The maximum Gasteiger partial charge on any atom is 0.176 e. The Balaban J connectivity index is 2.11. The molecule has 1 aliphatic rings. The molecule has 3 rings (SSSR count). The lowest BCUT2D eigenvalue weighted by Crippen LogP contribution is -2.44. The lowest BCUT2D eigenvalue weighted by atomic mass is 9.81. The first-order valence-corrected chi connectivity index (χ1v) is 7.28. The minimum atomic E-state index is -0.204. The number of hydrogen-bond donors (Lipinski definition) is 1. The van der Waals surface area contributed by atoms with Gasteiger partial charge in [0.1, 0.15) is 6.07 Å². The van der Waals surface area contributed by atoms with E-state index in [2.05, 4.69) is 26.9 Å². The van der Waals surface area contributed by atoms with Crippen molar-refractivity contribution in [2.45, 2.75) is 37.6 Å².